The fourth-order valence-electron chi connectivity index (χ4n) is 14.1. The molecule has 0 saturated carbocycles. The Hall–Kier alpha value is -19.0. The molecule has 134 heavy (non-hydrogen) atoms. The third-order valence-electron chi connectivity index (χ3n) is 20.7. The van der Waals surface area contributed by atoms with Crippen LogP contribution in [0.4, 0.5) is 0 Å². The number of fused-ring (bicyclic) bond motifs is 17. The van der Waals surface area contributed by atoms with Gasteiger partial charge in [0.15, 0.2) is 11.3 Å². The predicted molar refractivity (Wildman–Crippen MR) is 538 cm³/mol. The van der Waals surface area contributed by atoms with Crippen LogP contribution in [0.1, 0.15) is 0 Å². The van der Waals surface area contributed by atoms with Gasteiger partial charge in [-0.05, 0) is 170 Å². The van der Waals surface area contributed by atoms with Crippen molar-refractivity contribution < 1.29 is 0 Å². The lowest BCUT2D eigenvalue weighted by Gasteiger charge is -1.99. The van der Waals surface area contributed by atoms with Gasteiger partial charge in [0.25, 0.3) is 0 Å². The number of hydrogen-bond donors (Lipinski definition) is 0. The second-order valence-electron chi connectivity index (χ2n) is 29.6. The molecule has 17 aromatic heterocycles. The molecule has 0 spiro atoms. The Morgan fingerprint density at radius 2 is 0.403 bits per heavy atom. The first-order chi connectivity index (χ1) is 66.4. The highest BCUT2D eigenvalue weighted by Crippen LogP contribution is 2.25. The van der Waals surface area contributed by atoms with Gasteiger partial charge in [-0.1, -0.05) is 188 Å². The fraction of sp³-hybridized carbons (Fsp3) is 0. The monoisotopic (exact) mass is 1730 g/mol. The minimum atomic E-state index is 0.699. The summed E-state index contributed by atoms with van der Waals surface area (Å²) in [5, 5.41) is 29.0. The topological polar surface area (TPSA) is 296 Å². The van der Waals surface area contributed by atoms with Gasteiger partial charge in [-0.25, -0.2) is 49.8 Å². The summed E-state index contributed by atoms with van der Waals surface area (Å²) in [7, 11) is 0. The standard InChI is InChI=1S/C13H9N.5C12H8N2.3C8H6N2.2C7H5N3/c1-3-7-12-10(5-1)9-11-6-2-4-8-13(11)14-12;1-2-6-10-9(5-1)13-11-7-3-4-8-12(11)14-10;1-2-6-11-9(4-1)8-10-5-3-7-13-12(10)14-11;1-2-5-10-9(4-1)8-12-11(14-10)6-3-7-13-12;1-2-4-11-9(3-1)7-10-8-13-6-5-12(10)14-11;1-2-4-11-9(3-1)7-10-5-6-13-8-12(10)14-11;1-2-4-8-6-10-9-5-7(8)3-1;1-2-4-8-7(3-1)9-5-6-10-8;1-2-4-8-7(3-1)5-6-9-10-8;1-2-8-5-7-6(1)9-3-4-10-7;1-2-6-7(9-3-1)10-5-4-8-6/h1-9H;5*1-8H;3*1-6H;2*1-5H. The van der Waals surface area contributed by atoms with Gasteiger partial charge < -0.3 is 0 Å². The van der Waals surface area contributed by atoms with Crippen molar-refractivity contribution in [3.05, 3.63) is 469 Å². The number of hydrogen-bond acceptors (Lipinski definition) is 23. The number of rotatable bonds is 0. The molecule has 17 heterocycles. The third kappa shape index (κ3) is 22.5. The van der Waals surface area contributed by atoms with E-state index >= 15 is 0 Å². The van der Waals surface area contributed by atoms with Crippen molar-refractivity contribution in [2.24, 2.45) is 0 Å². The molecule has 0 N–H and O–H groups in total. The first-order valence-electron chi connectivity index (χ1n) is 42.7. The zero-order valence-electron chi connectivity index (χ0n) is 71.7. The van der Waals surface area contributed by atoms with Crippen molar-refractivity contribution in [2.45, 2.75) is 0 Å². The molecule has 0 atom stereocenters. The molecule has 28 aromatic rings. The molecule has 0 unspecified atom stereocenters. The molecule has 0 aliphatic heterocycles. The lowest BCUT2D eigenvalue weighted by Crippen LogP contribution is -1.85. The zero-order valence-corrected chi connectivity index (χ0v) is 71.7. The molecule has 0 aliphatic carbocycles. The minimum Gasteiger partial charge on any atom is -0.264 e. The van der Waals surface area contributed by atoms with E-state index in [1.165, 1.54) is 16.2 Å². The van der Waals surface area contributed by atoms with Crippen molar-refractivity contribution in [2.75, 3.05) is 0 Å². The number of aromatic nitrogens is 23. The van der Waals surface area contributed by atoms with Gasteiger partial charge in [0, 0.05) is 145 Å². The summed E-state index contributed by atoms with van der Waals surface area (Å²) in [5.41, 5.74) is 20.8. The highest BCUT2D eigenvalue weighted by Gasteiger charge is 2.06. The normalized spacial score (nSPS) is 10.5. The highest BCUT2D eigenvalue weighted by atomic mass is 15.1. The smallest absolute Gasteiger partial charge is 0.178 e. The summed E-state index contributed by atoms with van der Waals surface area (Å²) in [4.78, 5) is 80.6. The average Bonchev–Trinajstić information content (AvgIpc) is 0.822. The van der Waals surface area contributed by atoms with E-state index in [4.69, 9.17) is 0 Å². The largest absolute Gasteiger partial charge is 0.264 e. The molecule has 23 nitrogen and oxygen atoms in total. The second-order valence-corrected chi connectivity index (χ2v) is 29.6. The molecule has 11 aromatic carbocycles. The Labute approximate surface area is 766 Å². The van der Waals surface area contributed by atoms with Crippen LogP contribution in [0.15, 0.2) is 469 Å². The van der Waals surface area contributed by atoms with E-state index in [1.807, 2.05) is 297 Å². The number of benzene rings is 11. The lowest BCUT2D eigenvalue weighted by atomic mass is 10.1. The van der Waals surface area contributed by atoms with E-state index in [-0.39, 0.29) is 0 Å². The Morgan fingerprint density at radius 3 is 0.910 bits per heavy atom. The van der Waals surface area contributed by atoms with Crippen LogP contribution in [0.5, 0.6) is 0 Å². The van der Waals surface area contributed by atoms with Gasteiger partial charge in [0.05, 0.1) is 130 Å². The minimum absolute atomic E-state index is 0.699. The van der Waals surface area contributed by atoms with Gasteiger partial charge in [-0.2, -0.15) is 20.4 Å². The summed E-state index contributed by atoms with van der Waals surface area (Å²) < 4.78 is 0. The maximum absolute atomic E-state index is 4.58. The van der Waals surface area contributed by atoms with Crippen LogP contribution < -0.4 is 0 Å². The lowest BCUT2D eigenvalue weighted by molar-refractivity contribution is 1.05. The fourth-order valence-corrected chi connectivity index (χ4v) is 14.1. The second kappa shape index (κ2) is 43.4. The van der Waals surface area contributed by atoms with Crippen molar-refractivity contribution in [1.82, 2.24) is 115 Å². The predicted octanol–water partition coefficient (Wildman–Crippen LogP) is 24.2. The van der Waals surface area contributed by atoms with E-state index in [0.717, 1.165) is 164 Å². The molecular formula is C111H77N23. The quantitative estimate of drug-likeness (QED) is 0.127. The van der Waals surface area contributed by atoms with Crippen molar-refractivity contribution in [3.63, 3.8) is 0 Å². The van der Waals surface area contributed by atoms with Gasteiger partial charge in [0.1, 0.15) is 11.0 Å². The van der Waals surface area contributed by atoms with Gasteiger partial charge >= 0.3 is 0 Å². The van der Waals surface area contributed by atoms with Crippen LogP contribution >= 0.6 is 0 Å². The maximum atomic E-state index is 4.58. The molecule has 23 heteroatoms. The molecule has 0 bridgehead atoms. The number of para-hydroxylation sites is 12. The molecular weight excluding hydrogens is 1660 g/mol. The maximum Gasteiger partial charge on any atom is 0.178 e. The van der Waals surface area contributed by atoms with Gasteiger partial charge in [-0.15, -0.1) is 0 Å². The zero-order chi connectivity index (χ0) is 90.3. The molecule has 28 rings (SSSR count). The number of pyridine rings is 11. The van der Waals surface area contributed by atoms with Crippen LogP contribution in [-0.4, -0.2) is 115 Å². The van der Waals surface area contributed by atoms with Crippen LogP contribution in [0.25, 0.3) is 186 Å². The Bertz CT molecular complexity index is 6600. The third-order valence-corrected chi connectivity index (χ3v) is 20.7. The first kappa shape index (κ1) is 85.7. The first-order valence-corrected chi connectivity index (χ1v) is 42.7. The summed E-state index contributed by atoms with van der Waals surface area (Å²) in [6.45, 7) is 0. The van der Waals surface area contributed by atoms with E-state index in [9.17, 15) is 0 Å². The van der Waals surface area contributed by atoms with Crippen LogP contribution in [0, 0.1) is 0 Å². The van der Waals surface area contributed by atoms with Crippen molar-refractivity contribution in [1.29, 1.82) is 0 Å². The summed E-state index contributed by atoms with van der Waals surface area (Å²) in [5.74, 6) is 0. The SMILES string of the molecule is c1cc2nccnc2cn1.c1ccc2cnncc2c1.c1ccc2nc3ccccc3cc2c1.c1ccc2nc3ccccc3nc2c1.c1ccc2nc3cccnc3cc2c1.c1ccc2nc3ccncc3cc2c1.c1ccc2nc3cnccc3cc2c1.c1ccc2nc3ncccc3cc2c1.c1ccc2nccnc2c1.c1ccc2nnccc2c1.c1cnc2nccnc2c1. The van der Waals surface area contributed by atoms with Crippen molar-refractivity contribution in [3.8, 4) is 0 Å². The molecule has 0 fully saturated rings. The average molecular weight is 1730 g/mol. The Kier molecular flexibility index (Phi) is 27.8. The van der Waals surface area contributed by atoms with Gasteiger partial charge in [-0.3, -0.25) is 44.9 Å². The summed E-state index contributed by atoms with van der Waals surface area (Å²) in [6.07, 6.45) is 31.1. The van der Waals surface area contributed by atoms with E-state index in [2.05, 4.69) is 182 Å². The van der Waals surface area contributed by atoms with Crippen molar-refractivity contribution >= 4 is 186 Å². The van der Waals surface area contributed by atoms with E-state index in [0.29, 0.717) is 5.65 Å². The van der Waals surface area contributed by atoms with Gasteiger partial charge in [0.2, 0.25) is 0 Å². The molecule has 0 radical (unpaired) electrons. The molecule has 0 amide bonds. The number of nitrogens with zero attached hydrogens (tertiary/aromatic N) is 23. The molecule has 0 aliphatic rings. The van der Waals surface area contributed by atoms with Crippen LogP contribution in [-0.2, 0) is 0 Å². The highest BCUT2D eigenvalue weighted by molar-refractivity contribution is 5.97. The Balaban J connectivity index is 0.0000000988. The van der Waals surface area contributed by atoms with E-state index < -0.39 is 0 Å². The summed E-state index contributed by atoms with van der Waals surface area (Å²) in [6, 6.07) is 118. The van der Waals surface area contributed by atoms with E-state index in [1.54, 1.807) is 105 Å². The molecule has 636 valence electrons. The van der Waals surface area contributed by atoms with Crippen LogP contribution in [0.3, 0.4) is 0 Å². The van der Waals surface area contributed by atoms with Crippen LogP contribution in [0.2, 0.25) is 0 Å². The Morgan fingerprint density at radius 1 is 0.119 bits per heavy atom. The molecule has 0 saturated heterocycles. The summed E-state index contributed by atoms with van der Waals surface area (Å²) >= 11 is 0.